The van der Waals surface area contributed by atoms with Gasteiger partial charge in [-0.25, -0.2) is 4.68 Å². The van der Waals surface area contributed by atoms with Gasteiger partial charge in [-0.1, -0.05) is 0 Å². The molecule has 0 bridgehead atoms. The lowest BCUT2D eigenvalue weighted by atomic mass is 10.1. The Morgan fingerprint density at radius 2 is 1.53 bits per heavy atom. The number of hydrogen-bond donors (Lipinski definition) is 0. The molecule has 0 spiro atoms. The van der Waals surface area contributed by atoms with Crippen molar-refractivity contribution in [1.29, 1.82) is 0 Å². The SMILES string of the molecule is CN=c1scc(-c2cc(OC)c(OC)c(OC)c2)n1N=C(C)c1ccc(OC)cc1. The van der Waals surface area contributed by atoms with Gasteiger partial charge in [0.25, 0.3) is 0 Å². The topological polar surface area (TPSA) is 66.6 Å². The van der Waals surface area contributed by atoms with Crippen molar-refractivity contribution in [2.24, 2.45) is 10.1 Å². The molecule has 2 aromatic carbocycles. The zero-order valence-electron chi connectivity index (χ0n) is 17.9. The zero-order chi connectivity index (χ0) is 21.7. The summed E-state index contributed by atoms with van der Waals surface area (Å²) in [5, 5.41) is 6.85. The first kappa shape index (κ1) is 21.4. The Morgan fingerprint density at radius 3 is 2.03 bits per heavy atom. The molecule has 1 heterocycles. The molecule has 0 N–H and O–H groups in total. The summed E-state index contributed by atoms with van der Waals surface area (Å²) >= 11 is 1.51. The monoisotopic (exact) mass is 427 g/mol. The fraction of sp³-hybridized carbons (Fsp3) is 0.273. The quantitative estimate of drug-likeness (QED) is 0.534. The molecule has 0 aliphatic carbocycles. The van der Waals surface area contributed by atoms with E-state index in [1.54, 1.807) is 35.5 Å². The van der Waals surface area contributed by atoms with Crippen LogP contribution in [0.2, 0.25) is 0 Å². The van der Waals surface area contributed by atoms with Crippen molar-refractivity contribution in [1.82, 2.24) is 4.68 Å². The van der Waals surface area contributed by atoms with Crippen molar-refractivity contribution >= 4 is 17.0 Å². The molecule has 0 amide bonds. The van der Waals surface area contributed by atoms with Gasteiger partial charge in [0.15, 0.2) is 11.5 Å². The molecule has 7 nitrogen and oxygen atoms in total. The van der Waals surface area contributed by atoms with Gasteiger partial charge in [0.2, 0.25) is 10.6 Å². The van der Waals surface area contributed by atoms with Gasteiger partial charge in [-0.05, 0) is 48.9 Å². The second-order valence-corrected chi connectivity index (χ2v) is 7.10. The summed E-state index contributed by atoms with van der Waals surface area (Å²) in [6.45, 7) is 1.96. The van der Waals surface area contributed by atoms with Gasteiger partial charge in [0.1, 0.15) is 5.75 Å². The lowest BCUT2D eigenvalue weighted by Crippen LogP contribution is -2.14. The fourth-order valence-electron chi connectivity index (χ4n) is 3.01. The van der Waals surface area contributed by atoms with Crippen molar-refractivity contribution < 1.29 is 18.9 Å². The number of methoxy groups -OCH3 is 4. The molecule has 3 rings (SSSR count). The number of hydrogen-bond acceptors (Lipinski definition) is 7. The maximum atomic E-state index is 5.50. The van der Waals surface area contributed by atoms with Crippen LogP contribution in [0.15, 0.2) is 51.9 Å². The summed E-state index contributed by atoms with van der Waals surface area (Å²) in [5.74, 6) is 2.51. The normalized spacial score (nSPS) is 12.1. The minimum Gasteiger partial charge on any atom is -0.497 e. The fourth-order valence-corrected chi connectivity index (χ4v) is 3.81. The Hall–Kier alpha value is -3.26. The van der Waals surface area contributed by atoms with Crippen LogP contribution in [-0.2, 0) is 0 Å². The summed E-state index contributed by atoms with van der Waals surface area (Å²) in [6, 6.07) is 11.6. The number of thiazole rings is 1. The minimum absolute atomic E-state index is 0.545. The van der Waals surface area contributed by atoms with E-state index in [9.17, 15) is 0 Å². The molecule has 1 aromatic heterocycles. The highest BCUT2D eigenvalue weighted by molar-refractivity contribution is 7.07. The third kappa shape index (κ3) is 4.18. The maximum absolute atomic E-state index is 5.50. The summed E-state index contributed by atoms with van der Waals surface area (Å²) in [5.41, 5.74) is 3.58. The molecule has 0 atom stereocenters. The third-order valence-corrected chi connectivity index (χ3v) is 5.50. The first-order valence-electron chi connectivity index (χ1n) is 9.20. The van der Waals surface area contributed by atoms with Gasteiger partial charge in [0.05, 0.1) is 39.8 Å². The second kappa shape index (κ2) is 9.49. The van der Waals surface area contributed by atoms with Gasteiger partial charge in [0, 0.05) is 18.0 Å². The van der Waals surface area contributed by atoms with Crippen LogP contribution in [0.4, 0.5) is 0 Å². The molecule has 158 valence electrons. The average molecular weight is 428 g/mol. The van der Waals surface area contributed by atoms with Crippen LogP contribution in [-0.4, -0.2) is 45.9 Å². The van der Waals surface area contributed by atoms with E-state index in [0.717, 1.165) is 33.1 Å². The van der Waals surface area contributed by atoms with E-state index in [0.29, 0.717) is 17.2 Å². The van der Waals surface area contributed by atoms with Crippen molar-refractivity contribution in [3.63, 3.8) is 0 Å². The maximum Gasteiger partial charge on any atom is 0.205 e. The summed E-state index contributed by atoms with van der Waals surface area (Å²) in [6.07, 6.45) is 0. The van der Waals surface area contributed by atoms with Gasteiger partial charge in [-0.2, -0.15) is 5.10 Å². The Kier molecular flexibility index (Phi) is 6.79. The third-order valence-electron chi connectivity index (χ3n) is 4.59. The first-order valence-corrected chi connectivity index (χ1v) is 10.1. The van der Waals surface area contributed by atoms with E-state index in [1.165, 1.54) is 11.3 Å². The van der Waals surface area contributed by atoms with Gasteiger partial charge < -0.3 is 18.9 Å². The zero-order valence-corrected chi connectivity index (χ0v) is 18.7. The van der Waals surface area contributed by atoms with E-state index < -0.39 is 0 Å². The molecule has 8 heteroatoms. The highest BCUT2D eigenvalue weighted by atomic mass is 32.1. The molecule has 3 aromatic rings. The summed E-state index contributed by atoms with van der Waals surface area (Å²) in [7, 11) is 8.18. The number of ether oxygens (including phenoxy) is 4. The smallest absolute Gasteiger partial charge is 0.205 e. The van der Waals surface area contributed by atoms with E-state index in [1.807, 2.05) is 53.4 Å². The van der Waals surface area contributed by atoms with Crippen LogP contribution in [0, 0.1) is 0 Å². The van der Waals surface area contributed by atoms with Crippen molar-refractivity contribution in [2.45, 2.75) is 6.92 Å². The predicted octanol–water partition coefficient (Wildman–Crippen LogP) is 4.05. The van der Waals surface area contributed by atoms with E-state index >= 15 is 0 Å². The predicted molar refractivity (Wildman–Crippen MR) is 119 cm³/mol. The van der Waals surface area contributed by atoms with Crippen LogP contribution < -0.4 is 23.7 Å². The Bertz CT molecular complexity index is 1090. The minimum atomic E-state index is 0.545. The van der Waals surface area contributed by atoms with Gasteiger partial charge in [-0.15, -0.1) is 11.3 Å². The van der Waals surface area contributed by atoms with Crippen LogP contribution in [0.5, 0.6) is 23.0 Å². The van der Waals surface area contributed by atoms with E-state index in [4.69, 9.17) is 24.0 Å². The number of rotatable bonds is 7. The second-order valence-electron chi connectivity index (χ2n) is 6.27. The number of benzene rings is 2. The van der Waals surface area contributed by atoms with Crippen molar-refractivity contribution in [3.05, 3.63) is 52.1 Å². The molecule has 0 saturated carbocycles. The van der Waals surface area contributed by atoms with Crippen molar-refractivity contribution in [2.75, 3.05) is 35.5 Å². The molecule has 0 radical (unpaired) electrons. The lowest BCUT2D eigenvalue weighted by molar-refractivity contribution is 0.324. The Morgan fingerprint density at radius 1 is 0.900 bits per heavy atom. The van der Waals surface area contributed by atoms with E-state index in [-0.39, 0.29) is 0 Å². The summed E-state index contributed by atoms with van der Waals surface area (Å²) in [4.78, 5) is 5.15. The van der Waals surface area contributed by atoms with Crippen LogP contribution >= 0.6 is 11.3 Å². The molecule has 0 saturated heterocycles. The largest absolute Gasteiger partial charge is 0.497 e. The number of nitrogens with zero attached hydrogens (tertiary/aromatic N) is 3. The van der Waals surface area contributed by atoms with Crippen LogP contribution in [0.25, 0.3) is 11.3 Å². The van der Waals surface area contributed by atoms with Gasteiger partial charge in [-0.3, -0.25) is 4.99 Å². The molecule has 0 aliphatic rings. The lowest BCUT2D eigenvalue weighted by Gasteiger charge is -2.14. The van der Waals surface area contributed by atoms with E-state index in [2.05, 4.69) is 4.99 Å². The highest BCUT2D eigenvalue weighted by Crippen LogP contribution is 2.41. The van der Waals surface area contributed by atoms with Crippen LogP contribution in [0.1, 0.15) is 12.5 Å². The molecule has 0 aliphatic heterocycles. The van der Waals surface area contributed by atoms with Crippen LogP contribution in [0.3, 0.4) is 0 Å². The molecular formula is C22H25N3O4S. The highest BCUT2D eigenvalue weighted by Gasteiger charge is 2.17. The van der Waals surface area contributed by atoms with Crippen molar-refractivity contribution in [3.8, 4) is 34.3 Å². The standard InChI is InChI=1S/C22H25N3O4S/c1-14(15-7-9-17(26-3)10-8-15)24-25-18(13-30-22(25)23-2)16-11-19(27-4)21(29-6)20(12-16)28-5/h7-13H,1-6H3. The summed E-state index contributed by atoms with van der Waals surface area (Å²) < 4.78 is 23.5. The Balaban J connectivity index is 2.14. The Labute approximate surface area is 179 Å². The molecule has 0 fully saturated rings. The van der Waals surface area contributed by atoms with Gasteiger partial charge >= 0.3 is 0 Å². The average Bonchev–Trinajstić information content (AvgIpc) is 3.20. The molecule has 30 heavy (non-hydrogen) atoms. The molecule has 0 unspecified atom stereocenters. The molecular weight excluding hydrogens is 402 g/mol. The first-order chi connectivity index (χ1) is 14.6. The number of aromatic nitrogens is 1.